The molecule has 22 heavy (non-hydrogen) atoms. The van der Waals surface area contributed by atoms with Crippen LogP contribution in [0.4, 0.5) is 5.69 Å². The Morgan fingerprint density at radius 1 is 1.14 bits per heavy atom. The number of halogens is 1. The smallest absolute Gasteiger partial charge is 0.269 e. The van der Waals surface area contributed by atoms with Crippen molar-refractivity contribution in [3.8, 4) is 5.69 Å². The number of hydrogen-bond acceptors (Lipinski definition) is 2. The normalized spacial score (nSPS) is 10.2. The minimum atomic E-state index is -0.379. The molecule has 6 heteroatoms. The van der Waals surface area contributed by atoms with Crippen LogP contribution < -0.4 is 21.5 Å². The molecule has 1 aromatic heterocycles. The molecule has 120 valence electrons. The second-order valence-electron chi connectivity index (χ2n) is 5.25. The van der Waals surface area contributed by atoms with E-state index in [9.17, 15) is 10.1 Å². The predicted molar refractivity (Wildman–Crippen MR) is 81.4 cm³/mol. The SMILES string of the molecule is CCCCCCCn1cc[n+](-c2ccc([N+](=O)[O-])cc2)c1.[Br-]. The van der Waals surface area contributed by atoms with Crippen LogP contribution in [0, 0.1) is 10.1 Å². The van der Waals surface area contributed by atoms with Crippen LogP contribution in [0.2, 0.25) is 0 Å². The molecule has 0 radical (unpaired) electrons. The summed E-state index contributed by atoms with van der Waals surface area (Å²) in [5, 5.41) is 10.6. The maximum Gasteiger partial charge on any atom is 0.269 e. The lowest BCUT2D eigenvalue weighted by Gasteiger charge is -1.98. The van der Waals surface area contributed by atoms with Crippen LogP contribution in [0.1, 0.15) is 39.0 Å². The van der Waals surface area contributed by atoms with Crippen molar-refractivity contribution in [1.82, 2.24) is 4.57 Å². The molecule has 2 rings (SSSR count). The first kappa shape index (κ1) is 18.4. The van der Waals surface area contributed by atoms with Crippen LogP contribution in [0.3, 0.4) is 0 Å². The quantitative estimate of drug-likeness (QED) is 0.297. The zero-order valence-corrected chi connectivity index (χ0v) is 14.4. The van der Waals surface area contributed by atoms with E-state index in [4.69, 9.17) is 0 Å². The lowest BCUT2D eigenvalue weighted by Crippen LogP contribution is -3.00. The highest BCUT2D eigenvalue weighted by Gasteiger charge is 2.09. The number of nitrogens with zero attached hydrogens (tertiary/aromatic N) is 3. The highest BCUT2D eigenvalue weighted by atomic mass is 79.9. The largest absolute Gasteiger partial charge is 1.00 e. The molecule has 5 nitrogen and oxygen atoms in total. The molecular formula is C16H22BrN3O2. The molecule has 1 aromatic carbocycles. The summed E-state index contributed by atoms with van der Waals surface area (Å²) in [6, 6.07) is 6.60. The Labute approximate surface area is 141 Å². The van der Waals surface area contributed by atoms with Gasteiger partial charge in [0.05, 0.1) is 11.5 Å². The van der Waals surface area contributed by atoms with Crippen LogP contribution in [0.5, 0.6) is 0 Å². The molecular weight excluding hydrogens is 346 g/mol. The second-order valence-corrected chi connectivity index (χ2v) is 5.25. The Bertz CT molecular complexity index is 581. The molecule has 0 N–H and O–H groups in total. The first-order chi connectivity index (χ1) is 10.2. The average Bonchev–Trinajstić information content (AvgIpc) is 2.96. The van der Waals surface area contributed by atoms with Gasteiger partial charge >= 0.3 is 0 Å². The number of imidazole rings is 1. The Morgan fingerprint density at radius 3 is 2.45 bits per heavy atom. The van der Waals surface area contributed by atoms with Gasteiger partial charge in [0.1, 0.15) is 18.1 Å². The molecule has 0 spiro atoms. The summed E-state index contributed by atoms with van der Waals surface area (Å²) in [4.78, 5) is 10.3. The summed E-state index contributed by atoms with van der Waals surface area (Å²) in [6.07, 6.45) is 12.4. The zero-order chi connectivity index (χ0) is 15.1. The van der Waals surface area contributed by atoms with Gasteiger partial charge in [0.2, 0.25) is 6.33 Å². The van der Waals surface area contributed by atoms with E-state index in [1.165, 1.54) is 44.2 Å². The summed E-state index contributed by atoms with van der Waals surface area (Å²) >= 11 is 0. The van der Waals surface area contributed by atoms with Crippen molar-refractivity contribution < 1.29 is 26.5 Å². The van der Waals surface area contributed by atoms with Crippen molar-refractivity contribution in [1.29, 1.82) is 0 Å². The first-order valence-corrected chi connectivity index (χ1v) is 7.52. The summed E-state index contributed by atoms with van der Waals surface area (Å²) in [6.45, 7) is 3.24. The maximum atomic E-state index is 10.6. The van der Waals surface area contributed by atoms with E-state index in [0.29, 0.717) is 0 Å². The molecule has 0 saturated heterocycles. The average molecular weight is 368 g/mol. The number of unbranched alkanes of at least 4 members (excludes halogenated alkanes) is 4. The van der Waals surface area contributed by atoms with E-state index in [-0.39, 0.29) is 27.6 Å². The molecule has 0 amide bonds. The third-order valence-corrected chi connectivity index (χ3v) is 3.57. The van der Waals surface area contributed by atoms with Crippen molar-refractivity contribution in [2.45, 2.75) is 45.6 Å². The van der Waals surface area contributed by atoms with Crippen LogP contribution >= 0.6 is 0 Å². The standard InChI is InChI=1S/C16H22N3O2.BrH/c1-2-3-4-5-6-11-17-12-13-18(14-17)15-7-9-16(10-8-15)19(20)21;/h7-10,12-14H,2-6,11H2,1H3;1H/q+1;/p-1. The Hall–Kier alpha value is -1.69. The monoisotopic (exact) mass is 367 g/mol. The summed E-state index contributed by atoms with van der Waals surface area (Å²) in [5.41, 5.74) is 1.06. The molecule has 0 fully saturated rings. The maximum absolute atomic E-state index is 10.6. The van der Waals surface area contributed by atoms with Gasteiger partial charge in [0.15, 0.2) is 0 Å². The Balaban J connectivity index is 0.00000242. The minimum absolute atomic E-state index is 0. The third-order valence-electron chi connectivity index (χ3n) is 3.57. The van der Waals surface area contributed by atoms with E-state index < -0.39 is 0 Å². The van der Waals surface area contributed by atoms with Crippen molar-refractivity contribution in [2.75, 3.05) is 0 Å². The highest BCUT2D eigenvalue weighted by Crippen LogP contribution is 2.11. The van der Waals surface area contributed by atoms with E-state index in [1.54, 1.807) is 12.1 Å². The van der Waals surface area contributed by atoms with Crippen LogP contribution in [-0.2, 0) is 6.54 Å². The lowest BCUT2D eigenvalue weighted by molar-refractivity contribution is -0.595. The van der Waals surface area contributed by atoms with Gasteiger partial charge in [-0.25, -0.2) is 9.13 Å². The first-order valence-electron chi connectivity index (χ1n) is 7.52. The van der Waals surface area contributed by atoms with E-state index in [2.05, 4.69) is 11.5 Å². The second kappa shape index (κ2) is 9.35. The van der Waals surface area contributed by atoms with Gasteiger partial charge in [0, 0.05) is 12.1 Å². The molecule has 0 unspecified atom stereocenters. The molecule has 0 aliphatic carbocycles. The van der Waals surface area contributed by atoms with Crippen LogP contribution in [0.15, 0.2) is 43.0 Å². The number of aromatic nitrogens is 2. The van der Waals surface area contributed by atoms with E-state index >= 15 is 0 Å². The molecule has 0 saturated carbocycles. The molecule has 0 bridgehead atoms. The van der Waals surface area contributed by atoms with Gasteiger partial charge in [-0.15, -0.1) is 0 Å². The Kier molecular flexibility index (Phi) is 7.80. The number of hydrogen-bond donors (Lipinski definition) is 0. The zero-order valence-electron chi connectivity index (χ0n) is 12.8. The fourth-order valence-corrected chi connectivity index (χ4v) is 2.32. The van der Waals surface area contributed by atoms with Gasteiger partial charge in [-0.3, -0.25) is 10.1 Å². The van der Waals surface area contributed by atoms with Gasteiger partial charge in [-0.1, -0.05) is 26.2 Å². The summed E-state index contributed by atoms with van der Waals surface area (Å²) in [5.74, 6) is 0. The minimum Gasteiger partial charge on any atom is -1.00 e. The number of benzene rings is 1. The molecule has 0 aliphatic heterocycles. The van der Waals surface area contributed by atoms with Crippen molar-refractivity contribution in [2.24, 2.45) is 0 Å². The molecule has 1 heterocycles. The fourth-order valence-electron chi connectivity index (χ4n) is 2.32. The highest BCUT2D eigenvalue weighted by molar-refractivity contribution is 5.36. The number of nitro benzene ring substituents is 1. The van der Waals surface area contributed by atoms with Gasteiger partial charge < -0.3 is 17.0 Å². The van der Waals surface area contributed by atoms with E-state index in [0.717, 1.165) is 12.2 Å². The molecule has 2 aromatic rings. The number of nitro groups is 1. The third kappa shape index (κ3) is 5.26. The number of aryl methyl sites for hydroxylation is 1. The topological polar surface area (TPSA) is 52.0 Å². The fraction of sp³-hybridized carbons (Fsp3) is 0.438. The van der Waals surface area contributed by atoms with Gasteiger partial charge in [-0.2, -0.15) is 0 Å². The van der Waals surface area contributed by atoms with Crippen LogP contribution in [0.25, 0.3) is 5.69 Å². The van der Waals surface area contributed by atoms with E-state index in [1.807, 2.05) is 23.3 Å². The summed E-state index contributed by atoms with van der Waals surface area (Å²) in [7, 11) is 0. The lowest BCUT2D eigenvalue weighted by atomic mass is 10.1. The Morgan fingerprint density at radius 2 is 1.82 bits per heavy atom. The van der Waals surface area contributed by atoms with Crippen molar-refractivity contribution in [3.63, 3.8) is 0 Å². The van der Waals surface area contributed by atoms with Crippen molar-refractivity contribution >= 4 is 5.69 Å². The summed E-state index contributed by atoms with van der Waals surface area (Å²) < 4.78 is 4.14. The van der Waals surface area contributed by atoms with Crippen molar-refractivity contribution in [3.05, 3.63) is 53.1 Å². The number of rotatable bonds is 8. The van der Waals surface area contributed by atoms with Gasteiger partial charge in [-0.05, 0) is 25.0 Å². The van der Waals surface area contributed by atoms with Gasteiger partial charge in [0.25, 0.3) is 5.69 Å². The number of non-ortho nitro benzene ring substituents is 1. The predicted octanol–water partition coefficient (Wildman–Crippen LogP) is 0.647. The van der Waals surface area contributed by atoms with Crippen LogP contribution in [-0.4, -0.2) is 9.49 Å². The molecule has 0 aliphatic rings. The molecule has 0 atom stereocenters.